The van der Waals surface area contributed by atoms with Crippen molar-refractivity contribution in [1.29, 1.82) is 0 Å². The molecule has 7 nitrogen and oxygen atoms in total. The minimum absolute atomic E-state index is 0.0225. The standard InChI is InChI=1S/C12H17N3O4/c1-6-8(9(16)17)7(2)14-10(13-6)15-11(18)19-12(3,4)5/h1-5H3,(H,16,17)(H,13,14,15,18). The van der Waals surface area contributed by atoms with E-state index < -0.39 is 17.7 Å². The molecule has 0 unspecified atom stereocenters. The second-order valence-corrected chi connectivity index (χ2v) is 5.03. The number of aryl methyl sites for hydroxylation is 2. The third-order valence-electron chi connectivity index (χ3n) is 2.10. The van der Waals surface area contributed by atoms with Gasteiger partial charge in [-0.2, -0.15) is 0 Å². The summed E-state index contributed by atoms with van der Waals surface area (Å²) in [7, 11) is 0. The number of carboxylic acid groups (broad SMARTS) is 1. The van der Waals surface area contributed by atoms with Crippen LogP contribution in [0.15, 0.2) is 0 Å². The van der Waals surface area contributed by atoms with Gasteiger partial charge in [-0.05, 0) is 34.6 Å². The summed E-state index contributed by atoms with van der Waals surface area (Å²) in [5, 5.41) is 11.4. The average molecular weight is 267 g/mol. The molecule has 2 N–H and O–H groups in total. The van der Waals surface area contributed by atoms with Crippen molar-refractivity contribution in [3.63, 3.8) is 0 Å². The van der Waals surface area contributed by atoms with Gasteiger partial charge in [-0.3, -0.25) is 5.32 Å². The summed E-state index contributed by atoms with van der Waals surface area (Å²) in [5.74, 6) is -1.08. The number of ether oxygens (including phenoxy) is 1. The van der Waals surface area contributed by atoms with Crippen LogP contribution in [0.4, 0.5) is 10.7 Å². The predicted octanol–water partition coefficient (Wildman–Crippen LogP) is 2.14. The molecule has 0 atom stereocenters. The summed E-state index contributed by atoms with van der Waals surface area (Å²) in [6, 6.07) is 0. The number of carbonyl (C=O) groups excluding carboxylic acids is 1. The number of hydrogen-bond donors (Lipinski definition) is 2. The van der Waals surface area contributed by atoms with Gasteiger partial charge in [-0.1, -0.05) is 0 Å². The first kappa shape index (κ1) is 14.9. The zero-order valence-electron chi connectivity index (χ0n) is 11.6. The third-order valence-corrected chi connectivity index (χ3v) is 2.10. The smallest absolute Gasteiger partial charge is 0.414 e. The van der Waals surface area contributed by atoms with E-state index in [1.54, 1.807) is 34.6 Å². The van der Waals surface area contributed by atoms with Crippen molar-refractivity contribution in [2.24, 2.45) is 0 Å². The average Bonchev–Trinajstić information content (AvgIpc) is 2.10. The molecule has 0 spiro atoms. The van der Waals surface area contributed by atoms with Gasteiger partial charge in [0, 0.05) is 0 Å². The zero-order chi connectivity index (χ0) is 14.8. The number of carboxylic acids is 1. The van der Waals surface area contributed by atoms with E-state index in [2.05, 4.69) is 15.3 Å². The molecular formula is C12H17N3O4. The molecule has 0 aromatic carbocycles. The van der Waals surface area contributed by atoms with Crippen molar-refractivity contribution >= 4 is 18.0 Å². The Morgan fingerprint density at radius 3 is 2.00 bits per heavy atom. The molecule has 0 radical (unpaired) electrons. The van der Waals surface area contributed by atoms with E-state index in [9.17, 15) is 9.59 Å². The quantitative estimate of drug-likeness (QED) is 0.851. The minimum atomic E-state index is -1.10. The number of hydrogen-bond acceptors (Lipinski definition) is 5. The summed E-state index contributed by atoms with van der Waals surface area (Å²) in [5.41, 5.74) is -0.0262. The molecule has 19 heavy (non-hydrogen) atoms. The van der Waals surface area contributed by atoms with Crippen LogP contribution in [0.2, 0.25) is 0 Å². The lowest BCUT2D eigenvalue weighted by Crippen LogP contribution is -2.28. The fraction of sp³-hybridized carbons (Fsp3) is 0.500. The Balaban J connectivity index is 2.93. The molecular weight excluding hydrogens is 250 g/mol. The molecule has 0 fully saturated rings. The van der Waals surface area contributed by atoms with Crippen LogP contribution in [-0.4, -0.2) is 32.7 Å². The van der Waals surface area contributed by atoms with Gasteiger partial charge in [0.15, 0.2) is 0 Å². The van der Waals surface area contributed by atoms with Crippen LogP contribution in [0.5, 0.6) is 0 Å². The fourth-order valence-corrected chi connectivity index (χ4v) is 1.48. The number of aromatic carboxylic acids is 1. The zero-order valence-corrected chi connectivity index (χ0v) is 11.6. The summed E-state index contributed by atoms with van der Waals surface area (Å²) < 4.78 is 5.05. The van der Waals surface area contributed by atoms with Crippen LogP contribution < -0.4 is 5.32 Å². The minimum Gasteiger partial charge on any atom is -0.478 e. The number of carbonyl (C=O) groups is 2. The Kier molecular flexibility index (Phi) is 4.08. The lowest BCUT2D eigenvalue weighted by molar-refractivity contribution is 0.0633. The first-order chi connectivity index (χ1) is 8.60. The van der Waals surface area contributed by atoms with Gasteiger partial charge < -0.3 is 9.84 Å². The van der Waals surface area contributed by atoms with Crippen molar-refractivity contribution in [3.05, 3.63) is 17.0 Å². The highest BCUT2D eigenvalue weighted by Gasteiger charge is 2.19. The van der Waals surface area contributed by atoms with Crippen LogP contribution in [0.1, 0.15) is 42.5 Å². The van der Waals surface area contributed by atoms with E-state index >= 15 is 0 Å². The number of aromatic nitrogens is 2. The molecule has 104 valence electrons. The SMILES string of the molecule is Cc1nc(NC(=O)OC(C)(C)C)nc(C)c1C(=O)O. The number of amides is 1. The second kappa shape index (κ2) is 5.21. The van der Waals surface area contributed by atoms with Crippen LogP contribution >= 0.6 is 0 Å². The highest BCUT2D eigenvalue weighted by atomic mass is 16.6. The second-order valence-electron chi connectivity index (χ2n) is 5.03. The van der Waals surface area contributed by atoms with Gasteiger partial charge in [0.05, 0.1) is 11.4 Å². The molecule has 0 aliphatic carbocycles. The Hall–Kier alpha value is -2.18. The van der Waals surface area contributed by atoms with Crippen LogP contribution in [0.25, 0.3) is 0 Å². The van der Waals surface area contributed by atoms with Gasteiger partial charge in [-0.15, -0.1) is 0 Å². The predicted molar refractivity (Wildman–Crippen MR) is 68.3 cm³/mol. The van der Waals surface area contributed by atoms with E-state index in [4.69, 9.17) is 9.84 Å². The summed E-state index contributed by atoms with van der Waals surface area (Å²) >= 11 is 0. The van der Waals surface area contributed by atoms with Crippen LogP contribution in [-0.2, 0) is 4.74 Å². The molecule has 0 saturated heterocycles. The topological polar surface area (TPSA) is 101 Å². The van der Waals surface area contributed by atoms with Gasteiger partial charge in [0.2, 0.25) is 5.95 Å². The summed E-state index contributed by atoms with van der Waals surface area (Å²) in [6.07, 6.45) is -0.686. The van der Waals surface area contributed by atoms with E-state index in [-0.39, 0.29) is 22.9 Å². The van der Waals surface area contributed by atoms with Crippen LogP contribution in [0, 0.1) is 13.8 Å². The van der Waals surface area contributed by atoms with Gasteiger partial charge in [0.25, 0.3) is 0 Å². The first-order valence-electron chi connectivity index (χ1n) is 5.68. The Morgan fingerprint density at radius 1 is 1.16 bits per heavy atom. The molecule has 7 heteroatoms. The molecule has 0 aliphatic rings. The van der Waals surface area contributed by atoms with E-state index in [1.165, 1.54) is 0 Å². The highest BCUT2D eigenvalue weighted by molar-refractivity contribution is 5.90. The van der Waals surface area contributed by atoms with Crippen molar-refractivity contribution < 1.29 is 19.4 Å². The van der Waals surface area contributed by atoms with Gasteiger partial charge in [0.1, 0.15) is 11.2 Å². The molecule has 1 heterocycles. The summed E-state index contributed by atoms with van der Waals surface area (Å²) in [6.45, 7) is 8.28. The maximum atomic E-state index is 11.5. The third kappa shape index (κ3) is 4.20. The maximum absolute atomic E-state index is 11.5. The number of anilines is 1. The van der Waals surface area contributed by atoms with Crippen molar-refractivity contribution in [3.8, 4) is 0 Å². The number of rotatable bonds is 2. The largest absolute Gasteiger partial charge is 0.478 e. The molecule has 1 amide bonds. The van der Waals surface area contributed by atoms with E-state index in [0.29, 0.717) is 0 Å². The number of nitrogens with one attached hydrogen (secondary N) is 1. The normalized spacial score (nSPS) is 11.0. The van der Waals surface area contributed by atoms with Gasteiger partial charge in [-0.25, -0.2) is 19.6 Å². The lowest BCUT2D eigenvalue weighted by Gasteiger charge is -2.19. The Morgan fingerprint density at radius 2 is 1.63 bits per heavy atom. The first-order valence-corrected chi connectivity index (χ1v) is 5.68. The molecule has 0 bridgehead atoms. The monoisotopic (exact) mass is 267 g/mol. The molecule has 1 rings (SSSR count). The van der Waals surface area contributed by atoms with Crippen LogP contribution in [0.3, 0.4) is 0 Å². The lowest BCUT2D eigenvalue weighted by atomic mass is 10.2. The summed E-state index contributed by atoms with van der Waals surface area (Å²) in [4.78, 5) is 30.4. The molecule has 1 aromatic heterocycles. The Bertz CT molecular complexity index is 497. The van der Waals surface area contributed by atoms with E-state index in [0.717, 1.165) is 0 Å². The van der Waals surface area contributed by atoms with E-state index in [1.807, 2.05) is 0 Å². The fourth-order valence-electron chi connectivity index (χ4n) is 1.48. The van der Waals surface area contributed by atoms with Gasteiger partial charge >= 0.3 is 12.1 Å². The molecule has 0 saturated carbocycles. The van der Waals surface area contributed by atoms with Crippen molar-refractivity contribution in [1.82, 2.24) is 9.97 Å². The maximum Gasteiger partial charge on any atom is 0.414 e. The Labute approximate surface area is 111 Å². The molecule has 1 aromatic rings. The van der Waals surface area contributed by atoms with Crippen molar-refractivity contribution in [2.75, 3.05) is 5.32 Å². The highest BCUT2D eigenvalue weighted by Crippen LogP contribution is 2.14. The molecule has 0 aliphatic heterocycles. The van der Waals surface area contributed by atoms with Crippen molar-refractivity contribution in [2.45, 2.75) is 40.2 Å². The number of nitrogens with zero attached hydrogens (tertiary/aromatic N) is 2.